The molecule has 31 heavy (non-hydrogen) atoms. The zero-order valence-corrected chi connectivity index (χ0v) is 19.9. The van der Waals surface area contributed by atoms with Gasteiger partial charge >= 0.3 is 0 Å². The van der Waals surface area contributed by atoms with Crippen LogP contribution >= 0.6 is 11.6 Å². The Kier molecular flexibility index (Phi) is 6.33. The van der Waals surface area contributed by atoms with E-state index in [1.807, 2.05) is 23.1 Å². The minimum Gasteiger partial charge on any atom is -0.342 e. The van der Waals surface area contributed by atoms with E-state index in [1.54, 1.807) is 0 Å². The van der Waals surface area contributed by atoms with E-state index in [4.69, 9.17) is 11.6 Å². The monoisotopic (exact) mass is 443 g/mol. The van der Waals surface area contributed by atoms with E-state index in [0.717, 1.165) is 66.9 Å². The number of likely N-dealkylation sites (N-methyl/N-ethyl adjacent to an activating group) is 1. The van der Waals surface area contributed by atoms with Crippen molar-refractivity contribution >= 4 is 17.5 Å². The first-order valence-electron chi connectivity index (χ1n) is 12.6. The Bertz CT molecular complexity index is 767. The summed E-state index contributed by atoms with van der Waals surface area (Å²) in [7, 11) is 0. The number of halogens is 1. The first-order valence-corrected chi connectivity index (χ1v) is 13.0. The highest BCUT2D eigenvalue weighted by atomic mass is 35.5. The molecule has 0 unspecified atom stereocenters. The number of hydrogen-bond donors (Lipinski definition) is 1. The van der Waals surface area contributed by atoms with Crippen LogP contribution in [-0.4, -0.2) is 53.5 Å². The van der Waals surface area contributed by atoms with E-state index < -0.39 is 0 Å². The highest BCUT2D eigenvalue weighted by Gasteiger charge is 2.49. The minimum absolute atomic E-state index is 0.0505. The summed E-state index contributed by atoms with van der Waals surface area (Å²) in [6.45, 7) is 7.40. The molecule has 6 rings (SSSR count). The number of carbonyl (C=O) groups is 1. The van der Waals surface area contributed by atoms with Crippen molar-refractivity contribution < 1.29 is 4.79 Å². The smallest absolute Gasteiger partial charge is 0.239 e. The van der Waals surface area contributed by atoms with Crippen LogP contribution in [0.2, 0.25) is 5.02 Å². The molecule has 2 atom stereocenters. The summed E-state index contributed by atoms with van der Waals surface area (Å²) in [5.74, 6) is 4.01. The molecule has 4 aliphatic carbocycles. The van der Waals surface area contributed by atoms with E-state index >= 15 is 0 Å². The number of nitrogens with zero attached hydrogens (tertiary/aromatic N) is 2. The molecule has 5 aliphatic rings. The maximum atomic E-state index is 13.4. The molecule has 1 aromatic carbocycles. The fourth-order valence-corrected chi connectivity index (χ4v) is 7.71. The van der Waals surface area contributed by atoms with Gasteiger partial charge in [-0.15, -0.1) is 0 Å². The summed E-state index contributed by atoms with van der Waals surface area (Å²) in [4.78, 5) is 17.8. The second kappa shape index (κ2) is 9.03. The summed E-state index contributed by atoms with van der Waals surface area (Å²) < 4.78 is 0. The third-order valence-corrected chi connectivity index (χ3v) is 9.12. The number of amides is 1. The lowest BCUT2D eigenvalue weighted by Gasteiger charge is -2.55. The summed E-state index contributed by atoms with van der Waals surface area (Å²) in [6, 6.07) is 9.09. The van der Waals surface area contributed by atoms with Gasteiger partial charge < -0.3 is 10.2 Å². The van der Waals surface area contributed by atoms with Crippen molar-refractivity contribution in [1.82, 2.24) is 15.1 Å². The van der Waals surface area contributed by atoms with Gasteiger partial charge in [0.25, 0.3) is 0 Å². The third kappa shape index (κ3) is 4.28. The van der Waals surface area contributed by atoms with Gasteiger partial charge in [-0.05, 0) is 87.7 Å². The SMILES string of the molecule is CCN(CC)C(=O)[C@@H]1C[C@@H](NC2C3CC4CC(C3)CC2C4)CN1Cc1ccccc1Cl. The Hall–Kier alpha value is -1.10. The van der Waals surface area contributed by atoms with Crippen LogP contribution in [0.1, 0.15) is 57.9 Å². The standard InChI is InChI=1S/C26H38ClN3O/c1-3-29(4-2)26(31)24-14-22(16-30(24)15-19-7-5-6-8-23(19)27)28-25-20-10-17-9-18(12-20)13-21(25)11-17/h5-8,17-18,20-22,24-25,28H,3-4,9-16H2,1-2H3/t17?,18?,20?,21?,22-,24+,25?/m1/s1. The molecule has 4 bridgehead atoms. The predicted octanol–water partition coefficient (Wildman–Crippen LogP) is 4.57. The summed E-state index contributed by atoms with van der Waals surface area (Å²) in [5, 5.41) is 4.91. The average molecular weight is 444 g/mol. The molecule has 5 heteroatoms. The van der Waals surface area contributed by atoms with Crippen LogP contribution in [0, 0.1) is 23.7 Å². The van der Waals surface area contributed by atoms with E-state index in [-0.39, 0.29) is 11.9 Å². The van der Waals surface area contributed by atoms with Gasteiger partial charge in [0.2, 0.25) is 5.91 Å². The van der Waals surface area contributed by atoms with Crippen LogP contribution in [0.5, 0.6) is 0 Å². The van der Waals surface area contributed by atoms with Crippen molar-refractivity contribution in [2.24, 2.45) is 23.7 Å². The molecule has 0 aromatic heterocycles. The molecular formula is C26H38ClN3O. The molecule has 1 saturated heterocycles. The number of hydrogen-bond acceptors (Lipinski definition) is 3. The molecule has 1 amide bonds. The molecule has 1 N–H and O–H groups in total. The van der Waals surface area contributed by atoms with Gasteiger partial charge in [0, 0.05) is 43.3 Å². The first-order chi connectivity index (χ1) is 15.1. The number of rotatable bonds is 7. The maximum Gasteiger partial charge on any atom is 0.239 e. The Morgan fingerprint density at radius 3 is 2.29 bits per heavy atom. The molecule has 170 valence electrons. The van der Waals surface area contributed by atoms with Crippen molar-refractivity contribution in [3.63, 3.8) is 0 Å². The summed E-state index contributed by atoms with van der Waals surface area (Å²) >= 11 is 6.48. The van der Waals surface area contributed by atoms with Crippen molar-refractivity contribution in [1.29, 1.82) is 0 Å². The van der Waals surface area contributed by atoms with Crippen molar-refractivity contribution in [2.45, 2.75) is 77.0 Å². The van der Waals surface area contributed by atoms with Gasteiger partial charge in [-0.2, -0.15) is 0 Å². The molecule has 4 saturated carbocycles. The van der Waals surface area contributed by atoms with Gasteiger partial charge in [0.05, 0.1) is 6.04 Å². The van der Waals surface area contributed by atoms with Gasteiger partial charge in [-0.1, -0.05) is 29.8 Å². The second-order valence-corrected chi connectivity index (χ2v) is 11.0. The Balaban J connectivity index is 1.31. The Morgan fingerprint density at radius 1 is 1.03 bits per heavy atom. The first kappa shape index (κ1) is 21.7. The van der Waals surface area contributed by atoms with Crippen LogP contribution in [0.25, 0.3) is 0 Å². The Morgan fingerprint density at radius 2 is 1.68 bits per heavy atom. The lowest BCUT2D eigenvalue weighted by atomic mass is 9.54. The van der Waals surface area contributed by atoms with Crippen molar-refractivity contribution in [3.8, 4) is 0 Å². The quantitative estimate of drug-likeness (QED) is 0.670. The Labute approximate surface area is 192 Å². The molecule has 1 heterocycles. The second-order valence-electron chi connectivity index (χ2n) is 10.6. The van der Waals surface area contributed by atoms with Crippen molar-refractivity contribution in [3.05, 3.63) is 34.9 Å². The number of carbonyl (C=O) groups excluding carboxylic acids is 1. The maximum absolute atomic E-state index is 13.4. The summed E-state index contributed by atoms with van der Waals surface area (Å²) in [6.07, 6.45) is 8.15. The lowest BCUT2D eigenvalue weighted by molar-refractivity contribution is -0.135. The van der Waals surface area contributed by atoms with Gasteiger partial charge in [0.15, 0.2) is 0 Å². The molecule has 5 fully saturated rings. The number of benzene rings is 1. The predicted molar refractivity (Wildman–Crippen MR) is 126 cm³/mol. The summed E-state index contributed by atoms with van der Waals surface area (Å²) in [5.41, 5.74) is 1.12. The van der Waals surface area contributed by atoms with Gasteiger partial charge in [0.1, 0.15) is 0 Å². The zero-order chi connectivity index (χ0) is 21.5. The zero-order valence-electron chi connectivity index (χ0n) is 19.1. The van der Waals surface area contributed by atoms with Crippen molar-refractivity contribution in [2.75, 3.05) is 19.6 Å². The van der Waals surface area contributed by atoms with Gasteiger partial charge in [-0.25, -0.2) is 0 Å². The van der Waals surface area contributed by atoms with E-state index in [9.17, 15) is 4.79 Å². The van der Waals surface area contributed by atoms with E-state index in [1.165, 1.54) is 32.1 Å². The number of likely N-dealkylation sites (tertiary alicyclic amines) is 1. The molecule has 1 aliphatic heterocycles. The van der Waals surface area contributed by atoms with Crippen LogP contribution < -0.4 is 5.32 Å². The topological polar surface area (TPSA) is 35.6 Å². The lowest BCUT2D eigenvalue weighted by Crippen LogP contribution is -2.57. The third-order valence-electron chi connectivity index (χ3n) is 8.75. The highest BCUT2D eigenvalue weighted by molar-refractivity contribution is 6.31. The fourth-order valence-electron chi connectivity index (χ4n) is 7.52. The minimum atomic E-state index is -0.0505. The normalized spacial score (nSPS) is 36.8. The van der Waals surface area contributed by atoms with Crippen LogP contribution in [0.3, 0.4) is 0 Å². The highest BCUT2D eigenvalue weighted by Crippen LogP contribution is 2.54. The van der Waals surface area contributed by atoms with Gasteiger partial charge in [-0.3, -0.25) is 9.69 Å². The van der Waals surface area contributed by atoms with Crippen LogP contribution in [0.4, 0.5) is 0 Å². The average Bonchev–Trinajstić information content (AvgIpc) is 3.15. The molecule has 0 spiro atoms. The molecule has 4 nitrogen and oxygen atoms in total. The largest absolute Gasteiger partial charge is 0.342 e. The number of nitrogens with one attached hydrogen (secondary N) is 1. The molecule has 1 aromatic rings. The van der Waals surface area contributed by atoms with Crippen LogP contribution in [0.15, 0.2) is 24.3 Å². The fraction of sp³-hybridized carbons (Fsp3) is 0.731. The van der Waals surface area contributed by atoms with E-state index in [0.29, 0.717) is 12.1 Å². The van der Waals surface area contributed by atoms with Crippen LogP contribution in [-0.2, 0) is 11.3 Å². The molecular weight excluding hydrogens is 406 g/mol. The molecule has 0 radical (unpaired) electrons. The van der Waals surface area contributed by atoms with E-state index in [2.05, 4.69) is 30.1 Å².